The van der Waals surface area contributed by atoms with Gasteiger partial charge in [-0.25, -0.2) is 4.79 Å². The molecule has 12 nitrogen and oxygen atoms in total. The molecule has 5 aromatic rings. The molecule has 2 aliphatic rings. The van der Waals surface area contributed by atoms with E-state index in [2.05, 4.69) is 91.7 Å². The quantitative estimate of drug-likeness (QED) is 0.0968. The Balaban J connectivity index is 0.000000206. The number of nitrogens with two attached hydrogens (primary N) is 1. The zero-order chi connectivity index (χ0) is 42.8. The van der Waals surface area contributed by atoms with Crippen LogP contribution >= 0.6 is 59.4 Å². The lowest BCUT2D eigenvalue weighted by Gasteiger charge is -2.32. The summed E-state index contributed by atoms with van der Waals surface area (Å²) in [6.07, 6.45) is 7.33. The topological polar surface area (TPSA) is 143 Å². The summed E-state index contributed by atoms with van der Waals surface area (Å²) in [5.74, 6) is 0.954. The smallest absolute Gasteiger partial charge is 0.409 e. The van der Waals surface area contributed by atoms with Crippen molar-refractivity contribution in [1.82, 2.24) is 30.0 Å². The van der Waals surface area contributed by atoms with E-state index in [0.717, 1.165) is 63.8 Å². The van der Waals surface area contributed by atoms with Gasteiger partial charge in [-0.15, -0.1) is 0 Å². The predicted octanol–water partition coefficient (Wildman–Crippen LogP) is 8.13. The molecular weight excluding hydrogens is 970 g/mol. The first kappa shape index (κ1) is 49.1. The van der Waals surface area contributed by atoms with Gasteiger partial charge < -0.3 is 35.2 Å². The molecule has 2 saturated heterocycles. The molecule has 2 aliphatic heterocycles. The Morgan fingerprint density at radius 3 is 1.68 bits per heavy atom. The molecule has 0 radical (unpaired) electrons. The lowest BCUT2D eigenvalue weighted by molar-refractivity contribution is -0.134. The molecule has 1 amide bonds. The fourth-order valence-electron chi connectivity index (χ4n) is 5.15. The van der Waals surface area contributed by atoms with Gasteiger partial charge >= 0.3 is 11.4 Å². The molecule has 3 N–H and O–H groups in total. The van der Waals surface area contributed by atoms with Crippen molar-refractivity contribution in [2.45, 2.75) is 12.8 Å². The summed E-state index contributed by atoms with van der Waals surface area (Å²) < 4.78 is 12.5. The van der Waals surface area contributed by atoms with Crippen molar-refractivity contribution in [3.8, 4) is 11.5 Å². The van der Waals surface area contributed by atoms with Gasteiger partial charge in [0.25, 0.3) is 0 Å². The van der Waals surface area contributed by atoms with Gasteiger partial charge in [0.05, 0.1) is 18.5 Å². The number of carbonyl (C=O) groups is 3. The van der Waals surface area contributed by atoms with Gasteiger partial charge in [0, 0.05) is 102 Å². The minimum absolute atomic E-state index is 0.210. The van der Waals surface area contributed by atoms with Crippen LogP contribution in [0, 0.1) is 0 Å². The summed E-state index contributed by atoms with van der Waals surface area (Å²) >= 11 is 14.9. The van der Waals surface area contributed by atoms with Gasteiger partial charge in [0.1, 0.15) is 11.5 Å². The number of carbonyl (C=O) groups excluding carboxylic acids is 3. The zero-order valence-corrected chi connectivity index (χ0v) is 38.5. The first-order chi connectivity index (χ1) is 28.4. The Morgan fingerprint density at radius 1 is 0.644 bits per heavy atom. The number of aromatic nitrogens is 2. The van der Waals surface area contributed by atoms with Crippen LogP contribution in [0.5, 0.6) is 11.5 Å². The maximum Gasteiger partial charge on any atom is 0.409 e. The lowest BCUT2D eigenvalue weighted by atomic mass is 10.1. The van der Waals surface area contributed by atoms with Gasteiger partial charge in [0.15, 0.2) is 0 Å². The highest BCUT2D eigenvalue weighted by atomic mass is 79.9. The van der Waals surface area contributed by atoms with E-state index in [4.69, 9.17) is 22.1 Å². The van der Waals surface area contributed by atoms with E-state index in [1.54, 1.807) is 67.3 Å². The number of rotatable bonds is 6. The number of nitrogens with one attached hydrogen (secondary N) is 1. The molecule has 0 atom stereocenters. The number of nitrogens with zero attached hydrogens (tertiary/aromatic N) is 5. The summed E-state index contributed by atoms with van der Waals surface area (Å²) in [5.41, 5.74) is 7.12. The number of nitrogen functional groups attached to an aromatic ring is 1. The van der Waals surface area contributed by atoms with E-state index in [1.807, 2.05) is 59.5 Å². The molecule has 0 saturated carbocycles. The second-order valence-corrected chi connectivity index (χ2v) is 16.2. The van der Waals surface area contributed by atoms with E-state index in [1.165, 1.54) is 13.1 Å². The van der Waals surface area contributed by atoms with Crippen molar-refractivity contribution in [2.24, 2.45) is 0 Å². The van der Waals surface area contributed by atoms with Crippen molar-refractivity contribution < 1.29 is 23.9 Å². The number of likely N-dealkylation sites (N-methyl/N-ethyl adjacent to an activating group) is 2. The van der Waals surface area contributed by atoms with Crippen LogP contribution in [0.2, 0.25) is 0 Å². The van der Waals surface area contributed by atoms with E-state index < -0.39 is 5.43 Å². The summed E-state index contributed by atoms with van der Waals surface area (Å²) in [4.78, 5) is 48.2. The number of halogens is 4. The molecule has 59 heavy (non-hydrogen) atoms. The molecule has 2 aromatic heterocycles. The number of amides is 1. The first-order valence-corrected chi connectivity index (χ1v) is 21.4. The van der Waals surface area contributed by atoms with E-state index in [-0.39, 0.29) is 18.3 Å². The summed E-state index contributed by atoms with van der Waals surface area (Å²) in [7, 11) is 4.25. The third-order valence-corrected chi connectivity index (χ3v) is 9.63. The first-order valence-electron chi connectivity index (χ1n) is 18.6. The van der Waals surface area contributed by atoms with Gasteiger partial charge in [-0.1, -0.05) is 64.5 Å². The number of anilines is 1. The fourth-order valence-corrected chi connectivity index (χ4v) is 6.48. The van der Waals surface area contributed by atoms with Crippen molar-refractivity contribution in [3.05, 3.63) is 146 Å². The number of hydrogen-bond donors (Lipinski definition) is 2. The van der Waals surface area contributed by atoms with Gasteiger partial charge in [-0.05, 0) is 106 Å². The van der Waals surface area contributed by atoms with Gasteiger partial charge in [0.2, 0.25) is 5.91 Å². The normalized spacial score (nSPS) is 13.6. The number of hydrogen-bond acceptors (Lipinski definition) is 11. The molecular formula is C43H49Br3ClN7O5. The summed E-state index contributed by atoms with van der Waals surface area (Å²) in [6, 6.07) is 29.3. The minimum atomic E-state index is -0.814. The minimum Gasteiger partial charge on any atom is -0.426 e. The fraction of sp³-hybridized carbons (Fsp3) is 0.279. The highest BCUT2D eigenvalue weighted by Gasteiger charge is 2.19. The molecule has 0 unspecified atom stereocenters. The standard InChI is InChI=1S/C13H17BrN2O.C13H10BrNO2.C7H5ClO2.C5H5BrN2.C5H12N2/c1-15-5-7-16(8-6-15)13(17)10-11-3-2-4-12(14)9-11;14-11-6-10(8-15-9-11)7-13(16)17-12-4-2-1-3-5-12;8-7(9)10-6-4-2-1-3-5-6;6-4-1-5(7)3-8-2-4;1-7-4-2-6-3-5-7/h2-4,9H,5-8,10H2,1H3;1-6,8-9H,7H2;1-5H;1-3H,7H2;6H,2-5H2,1H3. The molecule has 7 rings (SSSR count). The molecule has 4 heterocycles. The van der Waals surface area contributed by atoms with E-state index in [9.17, 15) is 14.4 Å². The van der Waals surface area contributed by atoms with Crippen LogP contribution in [0.25, 0.3) is 0 Å². The molecule has 314 valence electrons. The predicted molar refractivity (Wildman–Crippen MR) is 245 cm³/mol. The molecule has 3 aromatic carbocycles. The Labute approximate surface area is 376 Å². The maximum absolute atomic E-state index is 12.1. The average Bonchev–Trinajstić information content (AvgIpc) is 3.20. The number of ether oxygens (including phenoxy) is 2. The largest absolute Gasteiger partial charge is 0.426 e. The molecule has 2 fully saturated rings. The van der Waals surface area contributed by atoms with Crippen molar-refractivity contribution >= 4 is 82.4 Å². The summed E-state index contributed by atoms with van der Waals surface area (Å²) in [6.45, 7) is 8.40. The van der Waals surface area contributed by atoms with Crippen molar-refractivity contribution in [1.29, 1.82) is 0 Å². The Bertz CT molecular complexity index is 1970. The maximum atomic E-state index is 12.1. The van der Waals surface area contributed by atoms with E-state index >= 15 is 0 Å². The zero-order valence-electron chi connectivity index (χ0n) is 33.0. The monoisotopic (exact) mass is 1020 g/mol. The molecule has 16 heteroatoms. The number of piperazine rings is 2. The Kier molecular flexibility index (Phi) is 23.6. The number of benzene rings is 3. The lowest BCUT2D eigenvalue weighted by Crippen LogP contribution is -2.47. The Hall–Kier alpha value is -4.22. The van der Waals surface area contributed by atoms with Crippen LogP contribution in [-0.2, 0) is 22.4 Å². The number of para-hydroxylation sites is 2. The highest BCUT2D eigenvalue weighted by Crippen LogP contribution is 2.15. The van der Waals surface area contributed by atoms with Gasteiger partial charge in [-0.3, -0.25) is 19.6 Å². The SMILES string of the molecule is CN1CCN(C(=O)Cc2cccc(Br)c2)CC1.CN1CCNCC1.Nc1cncc(Br)c1.O=C(Cc1cncc(Br)c1)Oc1ccccc1.O=C(Cl)Oc1ccccc1. The van der Waals surface area contributed by atoms with E-state index in [0.29, 0.717) is 23.6 Å². The van der Waals surface area contributed by atoms with Crippen LogP contribution in [0.4, 0.5) is 10.5 Å². The number of pyridine rings is 2. The van der Waals surface area contributed by atoms with Crippen LogP contribution < -0.4 is 20.5 Å². The van der Waals surface area contributed by atoms with Crippen LogP contribution in [0.3, 0.4) is 0 Å². The summed E-state index contributed by atoms with van der Waals surface area (Å²) in [5, 5.41) is 3.27. The molecule has 0 aliphatic carbocycles. The van der Waals surface area contributed by atoms with Crippen molar-refractivity contribution in [3.63, 3.8) is 0 Å². The van der Waals surface area contributed by atoms with Crippen LogP contribution in [0.1, 0.15) is 11.1 Å². The third-order valence-electron chi connectivity index (χ3n) is 8.19. The highest BCUT2D eigenvalue weighted by molar-refractivity contribution is 9.11. The Morgan fingerprint density at radius 2 is 1.19 bits per heavy atom. The number of esters is 1. The third kappa shape index (κ3) is 22.7. The van der Waals surface area contributed by atoms with Crippen LogP contribution in [-0.4, -0.2) is 108 Å². The molecule has 0 bridgehead atoms. The average molecular weight is 1020 g/mol. The van der Waals surface area contributed by atoms with Gasteiger partial charge in [-0.2, -0.15) is 0 Å². The second kappa shape index (κ2) is 28.3. The second-order valence-electron chi connectivity index (χ2n) is 13.1. The molecule has 0 spiro atoms. The van der Waals surface area contributed by atoms with Crippen LogP contribution in [0.15, 0.2) is 135 Å². The van der Waals surface area contributed by atoms with Crippen molar-refractivity contribution in [2.75, 3.05) is 72.2 Å².